The lowest BCUT2D eigenvalue weighted by Gasteiger charge is -2.21. The third-order valence-electron chi connectivity index (χ3n) is 5.23. The molecule has 0 unspecified atom stereocenters. The summed E-state index contributed by atoms with van der Waals surface area (Å²) in [5.41, 5.74) is 2.89. The number of hydrogen-bond acceptors (Lipinski definition) is 4. The summed E-state index contributed by atoms with van der Waals surface area (Å²) in [6.45, 7) is 2.96. The average molecular weight is 376 g/mol. The van der Waals surface area contributed by atoms with E-state index < -0.39 is 0 Å². The minimum Gasteiger partial charge on any atom is -0.371 e. The van der Waals surface area contributed by atoms with Gasteiger partial charge in [0.15, 0.2) is 0 Å². The number of para-hydroxylation sites is 2. The fourth-order valence-electron chi connectivity index (χ4n) is 3.70. The monoisotopic (exact) mass is 376 g/mol. The fourth-order valence-corrected chi connectivity index (χ4v) is 3.70. The van der Waals surface area contributed by atoms with E-state index in [0.29, 0.717) is 24.0 Å². The minimum absolute atomic E-state index is 0.0729. The number of anilines is 1. The molecule has 1 aliphatic heterocycles. The summed E-state index contributed by atoms with van der Waals surface area (Å²) in [5, 5.41) is 3.56. The van der Waals surface area contributed by atoms with Crippen molar-refractivity contribution in [2.45, 2.75) is 32.4 Å². The lowest BCUT2D eigenvalue weighted by molar-refractivity contribution is -0.121. The van der Waals surface area contributed by atoms with Gasteiger partial charge in [-0.05, 0) is 36.6 Å². The molecule has 6 heteroatoms. The van der Waals surface area contributed by atoms with Crippen LogP contribution in [0.1, 0.15) is 24.8 Å². The van der Waals surface area contributed by atoms with Gasteiger partial charge in [-0.2, -0.15) is 0 Å². The van der Waals surface area contributed by atoms with E-state index in [0.717, 1.165) is 18.7 Å². The highest BCUT2D eigenvalue weighted by Crippen LogP contribution is 2.24. The number of carbonyl (C=O) groups is 1. The van der Waals surface area contributed by atoms with Crippen LogP contribution in [0.4, 0.5) is 5.69 Å². The highest BCUT2D eigenvalue weighted by atomic mass is 16.1. The topological polar surface area (TPSA) is 67.2 Å². The van der Waals surface area contributed by atoms with Crippen LogP contribution in [0.15, 0.2) is 59.7 Å². The maximum absolute atomic E-state index is 12.5. The Balaban J connectivity index is 1.37. The highest BCUT2D eigenvalue weighted by molar-refractivity contribution is 5.77. The van der Waals surface area contributed by atoms with E-state index in [1.165, 1.54) is 29.4 Å². The van der Waals surface area contributed by atoms with E-state index in [4.69, 9.17) is 0 Å². The van der Waals surface area contributed by atoms with Crippen molar-refractivity contribution >= 4 is 22.5 Å². The van der Waals surface area contributed by atoms with Crippen LogP contribution >= 0.6 is 0 Å². The Labute approximate surface area is 163 Å². The maximum Gasteiger partial charge on any atom is 0.261 e. The number of carbonyl (C=O) groups excluding carboxylic acids is 1. The van der Waals surface area contributed by atoms with Crippen LogP contribution in [-0.4, -0.2) is 28.5 Å². The summed E-state index contributed by atoms with van der Waals surface area (Å²) in [6, 6.07) is 15.5. The molecule has 144 valence electrons. The van der Waals surface area contributed by atoms with Gasteiger partial charge < -0.3 is 10.2 Å². The zero-order chi connectivity index (χ0) is 19.3. The molecular formula is C22H24N4O2. The van der Waals surface area contributed by atoms with Gasteiger partial charge in [0, 0.05) is 38.3 Å². The molecule has 1 aromatic heterocycles. The lowest BCUT2D eigenvalue weighted by atomic mass is 10.1. The van der Waals surface area contributed by atoms with Crippen LogP contribution in [0, 0.1) is 0 Å². The number of nitrogens with one attached hydrogen (secondary N) is 1. The van der Waals surface area contributed by atoms with E-state index in [9.17, 15) is 9.59 Å². The van der Waals surface area contributed by atoms with Gasteiger partial charge in [-0.1, -0.05) is 30.3 Å². The molecule has 1 N–H and O–H groups in total. The van der Waals surface area contributed by atoms with Crippen molar-refractivity contribution in [1.29, 1.82) is 0 Å². The standard InChI is InChI=1S/C22H24N4O2/c27-21(11-14-26-16-24-19-9-3-2-8-18(19)22(26)28)23-15-17-7-1-4-10-20(17)25-12-5-6-13-25/h1-4,7-10,16H,5-6,11-15H2,(H,23,27). The van der Waals surface area contributed by atoms with Crippen LogP contribution in [0.3, 0.4) is 0 Å². The van der Waals surface area contributed by atoms with Crippen molar-refractivity contribution in [1.82, 2.24) is 14.9 Å². The SMILES string of the molecule is O=C(CCn1cnc2ccccc2c1=O)NCc1ccccc1N1CCCC1. The molecule has 0 saturated carbocycles. The first kappa shape index (κ1) is 18.2. The molecule has 2 heterocycles. The summed E-state index contributed by atoms with van der Waals surface area (Å²) in [6.07, 6.45) is 4.19. The molecule has 1 fully saturated rings. The number of nitrogens with zero attached hydrogens (tertiary/aromatic N) is 3. The van der Waals surface area contributed by atoms with Crippen molar-refractivity contribution in [3.63, 3.8) is 0 Å². The second-order valence-electron chi connectivity index (χ2n) is 7.11. The van der Waals surface area contributed by atoms with Gasteiger partial charge in [0.25, 0.3) is 5.56 Å². The molecule has 0 bridgehead atoms. The predicted octanol–water partition coefficient (Wildman–Crippen LogP) is 2.70. The third kappa shape index (κ3) is 3.91. The third-order valence-corrected chi connectivity index (χ3v) is 5.23. The maximum atomic E-state index is 12.5. The number of rotatable bonds is 6. The molecule has 0 atom stereocenters. The highest BCUT2D eigenvalue weighted by Gasteiger charge is 2.15. The minimum atomic E-state index is -0.113. The van der Waals surface area contributed by atoms with E-state index in [2.05, 4.69) is 27.3 Å². The van der Waals surface area contributed by atoms with Gasteiger partial charge >= 0.3 is 0 Å². The Morgan fingerprint density at radius 2 is 1.79 bits per heavy atom. The van der Waals surface area contributed by atoms with Gasteiger partial charge in [-0.25, -0.2) is 4.98 Å². The molecule has 1 aliphatic rings. The van der Waals surface area contributed by atoms with Gasteiger partial charge in [0.2, 0.25) is 5.91 Å². The first-order valence-corrected chi connectivity index (χ1v) is 9.76. The molecule has 2 aromatic carbocycles. The molecular weight excluding hydrogens is 352 g/mol. The Kier molecular flexibility index (Phi) is 5.37. The van der Waals surface area contributed by atoms with E-state index in [-0.39, 0.29) is 17.9 Å². The van der Waals surface area contributed by atoms with E-state index >= 15 is 0 Å². The molecule has 0 radical (unpaired) electrons. The van der Waals surface area contributed by atoms with Gasteiger partial charge in [0.1, 0.15) is 0 Å². The predicted molar refractivity (Wildman–Crippen MR) is 110 cm³/mol. The van der Waals surface area contributed by atoms with Crippen molar-refractivity contribution in [3.05, 3.63) is 70.8 Å². The number of hydrogen-bond donors (Lipinski definition) is 1. The second kappa shape index (κ2) is 8.25. The van der Waals surface area contributed by atoms with Crippen LogP contribution in [0.2, 0.25) is 0 Å². The lowest BCUT2D eigenvalue weighted by Crippen LogP contribution is -2.28. The van der Waals surface area contributed by atoms with Crippen LogP contribution in [0.5, 0.6) is 0 Å². The summed E-state index contributed by atoms with van der Waals surface area (Å²) < 4.78 is 1.50. The molecule has 28 heavy (non-hydrogen) atoms. The summed E-state index contributed by atoms with van der Waals surface area (Å²) in [7, 11) is 0. The number of aromatic nitrogens is 2. The largest absolute Gasteiger partial charge is 0.371 e. The second-order valence-corrected chi connectivity index (χ2v) is 7.11. The number of amides is 1. The molecule has 1 saturated heterocycles. The summed E-state index contributed by atoms with van der Waals surface area (Å²) >= 11 is 0. The summed E-state index contributed by atoms with van der Waals surface area (Å²) in [4.78, 5) is 31.5. The molecule has 0 spiro atoms. The van der Waals surface area contributed by atoms with Crippen molar-refractivity contribution in [2.75, 3.05) is 18.0 Å². The zero-order valence-corrected chi connectivity index (χ0v) is 15.8. The Morgan fingerprint density at radius 3 is 2.64 bits per heavy atom. The number of benzene rings is 2. The van der Waals surface area contributed by atoms with Gasteiger partial charge in [-0.15, -0.1) is 0 Å². The van der Waals surface area contributed by atoms with E-state index in [1.807, 2.05) is 30.3 Å². The van der Waals surface area contributed by atoms with Crippen molar-refractivity contribution in [2.24, 2.45) is 0 Å². The first-order chi connectivity index (χ1) is 13.7. The molecule has 0 aliphatic carbocycles. The first-order valence-electron chi connectivity index (χ1n) is 9.76. The number of fused-ring (bicyclic) bond motifs is 1. The van der Waals surface area contributed by atoms with Crippen LogP contribution in [0.25, 0.3) is 10.9 Å². The Bertz CT molecular complexity index is 1040. The fraction of sp³-hybridized carbons (Fsp3) is 0.318. The van der Waals surface area contributed by atoms with Crippen molar-refractivity contribution < 1.29 is 4.79 Å². The van der Waals surface area contributed by atoms with Crippen LogP contribution in [-0.2, 0) is 17.9 Å². The summed E-state index contributed by atoms with van der Waals surface area (Å²) in [5.74, 6) is -0.0729. The Hall–Kier alpha value is -3.15. The van der Waals surface area contributed by atoms with Gasteiger partial charge in [-0.3, -0.25) is 14.2 Å². The average Bonchev–Trinajstić information content (AvgIpc) is 3.27. The molecule has 6 nitrogen and oxygen atoms in total. The molecule has 4 rings (SSSR count). The van der Waals surface area contributed by atoms with Crippen LogP contribution < -0.4 is 15.8 Å². The Morgan fingerprint density at radius 1 is 1.04 bits per heavy atom. The van der Waals surface area contributed by atoms with Crippen molar-refractivity contribution in [3.8, 4) is 0 Å². The number of aryl methyl sites for hydroxylation is 1. The van der Waals surface area contributed by atoms with Gasteiger partial charge in [0.05, 0.1) is 17.2 Å². The molecule has 3 aromatic rings. The molecule has 1 amide bonds. The normalized spacial score (nSPS) is 13.8. The zero-order valence-electron chi connectivity index (χ0n) is 15.8. The quantitative estimate of drug-likeness (QED) is 0.718. The smallest absolute Gasteiger partial charge is 0.261 e. The van der Waals surface area contributed by atoms with E-state index in [1.54, 1.807) is 6.07 Å².